The van der Waals surface area contributed by atoms with Crippen LogP contribution in [-0.2, 0) is 10.0 Å². The lowest BCUT2D eigenvalue weighted by Gasteiger charge is -2.29. The molecule has 0 bridgehead atoms. The molecule has 0 aromatic carbocycles. The minimum atomic E-state index is -3.56. The van der Waals surface area contributed by atoms with Crippen molar-refractivity contribution in [2.75, 3.05) is 13.1 Å². The Hall–Kier alpha value is -0.700. The van der Waals surface area contributed by atoms with Gasteiger partial charge in [-0.3, -0.25) is 4.79 Å². The van der Waals surface area contributed by atoms with Crippen LogP contribution in [0, 0.1) is 6.92 Å². The molecule has 0 radical (unpaired) electrons. The number of rotatable bonds is 2. The molecular weight excluding hydrogens is 262 g/mol. The molecule has 1 fully saturated rings. The summed E-state index contributed by atoms with van der Waals surface area (Å²) in [5.41, 5.74) is 6.17. The molecule has 0 amide bonds. The van der Waals surface area contributed by atoms with Gasteiger partial charge in [0.25, 0.3) is 10.0 Å². The van der Waals surface area contributed by atoms with E-state index >= 15 is 0 Å². The summed E-state index contributed by atoms with van der Waals surface area (Å²) in [6.07, 6.45) is 1.60. The van der Waals surface area contributed by atoms with Crippen molar-refractivity contribution in [1.82, 2.24) is 9.29 Å². The van der Waals surface area contributed by atoms with Gasteiger partial charge in [0, 0.05) is 24.8 Å². The normalized spacial score (nSPS) is 22.8. The van der Waals surface area contributed by atoms with Crippen LogP contribution in [0.25, 0.3) is 0 Å². The van der Waals surface area contributed by atoms with Crippen molar-refractivity contribution in [3.8, 4) is 0 Å². The van der Waals surface area contributed by atoms with Crippen LogP contribution < -0.4 is 10.6 Å². The van der Waals surface area contributed by atoms with Crippen molar-refractivity contribution in [3.05, 3.63) is 15.4 Å². The lowest BCUT2D eigenvalue weighted by Crippen LogP contribution is -2.45. The Bertz CT molecular complexity index is 560. The van der Waals surface area contributed by atoms with E-state index in [1.807, 2.05) is 0 Å². The van der Waals surface area contributed by atoms with Crippen LogP contribution in [0.3, 0.4) is 0 Å². The fourth-order valence-electron chi connectivity index (χ4n) is 1.95. The summed E-state index contributed by atoms with van der Waals surface area (Å²) in [7, 11) is -3.56. The molecule has 0 spiro atoms. The molecule has 17 heavy (non-hydrogen) atoms. The fraction of sp³-hybridized carbons (Fsp3) is 0.667. The van der Waals surface area contributed by atoms with Crippen molar-refractivity contribution >= 4 is 21.4 Å². The molecule has 1 saturated heterocycles. The first-order chi connectivity index (χ1) is 7.91. The van der Waals surface area contributed by atoms with Crippen LogP contribution in [0.15, 0.2) is 9.00 Å². The number of nitrogens with two attached hydrogens (primary N) is 1. The molecule has 1 aliphatic rings. The quantitative estimate of drug-likeness (QED) is 0.786. The predicted octanol–water partition coefficient (Wildman–Crippen LogP) is -0.143. The lowest BCUT2D eigenvalue weighted by molar-refractivity contribution is 0.316. The van der Waals surface area contributed by atoms with Gasteiger partial charge in [0.2, 0.25) is 0 Å². The zero-order valence-electron chi connectivity index (χ0n) is 9.47. The lowest BCUT2D eigenvalue weighted by atomic mass is 10.1. The zero-order valence-corrected chi connectivity index (χ0v) is 11.1. The maximum absolute atomic E-state index is 12.3. The first-order valence-electron chi connectivity index (χ1n) is 5.36. The van der Waals surface area contributed by atoms with Gasteiger partial charge in [-0.25, -0.2) is 8.42 Å². The van der Waals surface area contributed by atoms with Crippen molar-refractivity contribution in [1.29, 1.82) is 0 Å². The number of H-pyrrole nitrogens is 1. The summed E-state index contributed by atoms with van der Waals surface area (Å²) in [4.78, 5) is 13.3. The highest BCUT2D eigenvalue weighted by atomic mass is 32.2. The van der Waals surface area contributed by atoms with E-state index in [1.165, 1.54) is 4.31 Å². The number of aromatic amines is 1. The summed E-state index contributed by atoms with van der Waals surface area (Å²) in [5.74, 6) is 0. The molecule has 8 heteroatoms. The molecule has 1 atom stereocenters. The topological polar surface area (TPSA) is 96.3 Å². The van der Waals surface area contributed by atoms with E-state index in [1.54, 1.807) is 6.92 Å². The summed E-state index contributed by atoms with van der Waals surface area (Å²) < 4.78 is 26.1. The number of piperidine rings is 1. The van der Waals surface area contributed by atoms with E-state index in [0.717, 1.165) is 24.2 Å². The summed E-state index contributed by atoms with van der Waals surface area (Å²) in [6, 6.07) is -0.116. The Morgan fingerprint density at radius 2 is 2.24 bits per heavy atom. The third-order valence-electron chi connectivity index (χ3n) is 2.78. The van der Waals surface area contributed by atoms with Crippen LogP contribution >= 0.6 is 11.3 Å². The predicted molar refractivity (Wildman–Crippen MR) is 65.6 cm³/mol. The molecule has 6 nitrogen and oxygen atoms in total. The molecule has 2 heterocycles. The molecule has 2 rings (SSSR count). The summed E-state index contributed by atoms with van der Waals surface area (Å²) in [5, 5.41) is 0. The molecule has 0 aliphatic carbocycles. The van der Waals surface area contributed by atoms with Crippen LogP contribution in [0.5, 0.6) is 0 Å². The van der Waals surface area contributed by atoms with Crippen molar-refractivity contribution in [2.24, 2.45) is 5.73 Å². The second-order valence-electron chi connectivity index (χ2n) is 4.19. The van der Waals surface area contributed by atoms with Crippen LogP contribution in [0.2, 0.25) is 0 Å². The average molecular weight is 277 g/mol. The minimum absolute atomic E-state index is 0.108. The van der Waals surface area contributed by atoms with E-state index in [4.69, 9.17) is 5.73 Å². The first kappa shape index (κ1) is 12.7. The molecule has 0 unspecified atom stereocenters. The third kappa shape index (κ3) is 2.44. The van der Waals surface area contributed by atoms with Gasteiger partial charge in [0.15, 0.2) is 4.21 Å². The second kappa shape index (κ2) is 4.52. The van der Waals surface area contributed by atoms with Crippen LogP contribution in [0.1, 0.15) is 18.5 Å². The first-order valence-corrected chi connectivity index (χ1v) is 7.62. The zero-order chi connectivity index (χ0) is 12.6. The molecule has 1 aromatic rings. The highest BCUT2D eigenvalue weighted by molar-refractivity contribution is 7.91. The minimum Gasteiger partial charge on any atom is -0.327 e. The Morgan fingerprint density at radius 1 is 1.53 bits per heavy atom. The number of aryl methyl sites for hydroxylation is 1. The van der Waals surface area contributed by atoms with E-state index in [9.17, 15) is 13.2 Å². The molecule has 96 valence electrons. The molecule has 3 N–H and O–H groups in total. The van der Waals surface area contributed by atoms with Gasteiger partial charge in [-0.15, -0.1) is 0 Å². The van der Waals surface area contributed by atoms with Gasteiger partial charge >= 0.3 is 4.87 Å². The van der Waals surface area contributed by atoms with Crippen molar-refractivity contribution < 1.29 is 8.42 Å². The van der Waals surface area contributed by atoms with Gasteiger partial charge in [0.05, 0.1) is 0 Å². The van der Waals surface area contributed by atoms with Gasteiger partial charge in [-0.05, 0) is 19.8 Å². The molecule has 0 saturated carbocycles. The highest BCUT2D eigenvalue weighted by Gasteiger charge is 2.31. The maximum Gasteiger partial charge on any atom is 0.305 e. The second-order valence-corrected chi connectivity index (χ2v) is 7.31. The molecule has 1 aliphatic heterocycles. The smallest absolute Gasteiger partial charge is 0.305 e. The Morgan fingerprint density at radius 3 is 2.76 bits per heavy atom. The number of aromatic nitrogens is 1. The average Bonchev–Trinajstić information content (AvgIpc) is 2.58. The van der Waals surface area contributed by atoms with Gasteiger partial charge in [0.1, 0.15) is 0 Å². The van der Waals surface area contributed by atoms with Crippen molar-refractivity contribution in [2.45, 2.75) is 30.0 Å². The molecule has 1 aromatic heterocycles. The van der Waals surface area contributed by atoms with Gasteiger partial charge in [-0.2, -0.15) is 4.31 Å². The van der Waals surface area contributed by atoms with Gasteiger partial charge < -0.3 is 10.7 Å². The third-order valence-corrected chi connectivity index (χ3v) is 6.22. The highest BCUT2D eigenvalue weighted by Crippen LogP contribution is 2.23. The Balaban J connectivity index is 2.36. The van der Waals surface area contributed by atoms with Crippen molar-refractivity contribution in [3.63, 3.8) is 0 Å². The number of nitrogens with zero attached hydrogens (tertiary/aromatic N) is 1. The Labute approximate surface area is 103 Å². The fourth-order valence-corrected chi connectivity index (χ4v) is 4.92. The van der Waals surface area contributed by atoms with Crippen LogP contribution in [0.4, 0.5) is 0 Å². The number of hydrogen-bond donors (Lipinski definition) is 2. The maximum atomic E-state index is 12.3. The monoisotopic (exact) mass is 277 g/mol. The largest absolute Gasteiger partial charge is 0.327 e. The SMILES string of the molecule is Cc1[nH]c(=O)sc1S(=O)(=O)N1CCC[C@@H](N)C1. The number of thiazole rings is 1. The number of nitrogens with one attached hydrogen (secondary N) is 1. The summed E-state index contributed by atoms with van der Waals surface area (Å²) >= 11 is 0.735. The summed E-state index contributed by atoms with van der Waals surface area (Å²) in [6.45, 7) is 2.39. The standard InChI is InChI=1S/C9H15N3O3S2/c1-6-8(16-9(13)11-6)17(14,15)12-4-2-3-7(10)5-12/h7H,2-5,10H2,1H3,(H,11,13)/t7-/m1/s1. The van der Waals surface area contributed by atoms with Crippen LogP contribution in [-0.4, -0.2) is 36.8 Å². The van der Waals surface area contributed by atoms with E-state index < -0.39 is 10.0 Å². The van der Waals surface area contributed by atoms with E-state index in [-0.39, 0.29) is 15.1 Å². The Kier molecular flexibility index (Phi) is 3.39. The van der Waals surface area contributed by atoms with Gasteiger partial charge in [-0.1, -0.05) is 11.3 Å². The molecular formula is C9H15N3O3S2. The van der Waals surface area contributed by atoms with E-state index in [0.29, 0.717) is 18.8 Å². The van der Waals surface area contributed by atoms with E-state index in [2.05, 4.69) is 4.98 Å². The number of hydrogen-bond acceptors (Lipinski definition) is 5. The number of sulfonamides is 1.